The van der Waals surface area contributed by atoms with E-state index in [1.54, 1.807) is 0 Å². The van der Waals surface area contributed by atoms with E-state index < -0.39 is 0 Å². The summed E-state index contributed by atoms with van der Waals surface area (Å²) in [5.74, 6) is 0. The third kappa shape index (κ3) is 3.71. The van der Waals surface area contributed by atoms with Crippen molar-refractivity contribution in [1.29, 1.82) is 0 Å². The quantitative estimate of drug-likeness (QED) is 0.845. The molecular weight excluding hydrogens is 244 g/mol. The lowest BCUT2D eigenvalue weighted by atomic mass is 9.84. The van der Waals surface area contributed by atoms with E-state index in [1.807, 2.05) is 0 Å². The van der Waals surface area contributed by atoms with Gasteiger partial charge in [-0.1, -0.05) is 63.3 Å². The summed E-state index contributed by atoms with van der Waals surface area (Å²) in [5.41, 5.74) is 2.92. The molecule has 2 rings (SSSR count). The fourth-order valence-electron chi connectivity index (χ4n) is 2.91. The highest BCUT2D eigenvalue weighted by Gasteiger charge is 2.34. The molecule has 1 heterocycles. The van der Waals surface area contributed by atoms with Gasteiger partial charge in [-0.05, 0) is 17.9 Å². The Labute approximate surface area is 123 Å². The van der Waals surface area contributed by atoms with Crippen LogP contribution in [0.3, 0.4) is 0 Å². The summed E-state index contributed by atoms with van der Waals surface area (Å²) in [7, 11) is 0. The standard InChI is InChI=1S/C18H28N2/c1-14(2)12-20-13-17(18(3,4)5)19-11-16(20)15-9-7-6-8-10-15/h6-10,16-17,19H,1,11-13H2,2-5H3. The Bertz CT molecular complexity index is 444. The van der Waals surface area contributed by atoms with Gasteiger partial charge in [0.05, 0.1) is 0 Å². The minimum Gasteiger partial charge on any atom is -0.310 e. The van der Waals surface area contributed by atoms with E-state index in [0.29, 0.717) is 12.1 Å². The molecule has 1 N–H and O–H groups in total. The zero-order chi connectivity index (χ0) is 14.8. The van der Waals surface area contributed by atoms with Gasteiger partial charge in [0.25, 0.3) is 0 Å². The first-order chi connectivity index (χ1) is 9.38. The van der Waals surface area contributed by atoms with Crippen LogP contribution in [0.5, 0.6) is 0 Å². The molecule has 110 valence electrons. The molecule has 0 saturated carbocycles. The second kappa shape index (κ2) is 6.11. The molecule has 1 saturated heterocycles. The average Bonchev–Trinajstić information content (AvgIpc) is 2.38. The summed E-state index contributed by atoms with van der Waals surface area (Å²) < 4.78 is 0. The minimum atomic E-state index is 0.287. The molecule has 2 heteroatoms. The van der Waals surface area contributed by atoms with Crippen molar-refractivity contribution in [3.05, 3.63) is 48.0 Å². The van der Waals surface area contributed by atoms with E-state index in [1.165, 1.54) is 11.1 Å². The van der Waals surface area contributed by atoms with E-state index in [9.17, 15) is 0 Å². The highest BCUT2D eigenvalue weighted by Crippen LogP contribution is 2.29. The van der Waals surface area contributed by atoms with E-state index in [2.05, 4.69) is 74.8 Å². The van der Waals surface area contributed by atoms with Gasteiger partial charge in [-0.3, -0.25) is 4.90 Å². The van der Waals surface area contributed by atoms with Gasteiger partial charge in [0.2, 0.25) is 0 Å². The van der Waals surface area contributed by atoms with Crippen LogP contribution in [0.1, 0.15) is 39.3 Å². The molecule has 1 fully saturated rings. The van der Waals surface area contributed by atoms with Gasteiger partial charge in [-0.15, -0.1) is 0 Å². The summed E-state index contributed by atoms with van der Waals surface area (Å²) in [6.07, 6.45) is 0. The van der Waals surface area contributed by atoms with Gasteiger partial charge in [-0.2, -0.15) is 0 Å². The monoisotopic (exact) mass is 272 g/mol. The smallest absolute Gasteiger partial charge is 0.0476 e. The first kappa shape index (κ1) is 15.3. The summed E-state index contributed by atoms with van der Waals surface area (Å²) in [6, 6.07) is 11.8. The molecule has 0 aliphatic carbocycles. The van der Waals surface area contributed by atoms with E-state index in [-0.39, 0.29) is 5.41 Å². The maximum Gasteiger partial charge on any atom is 0.0476 e. The molecule has 2 unspecified atom stereocenters. The molecule has 0 radical (unpaired) electrons. The lowest BCUT2D eigenvalue weighted by Gasteiger charge is -2.45. The third-order valence-electron chi connectivity index (χ3n) is 4.12. The number of hydrogen-bond acceptors (Lipinski definition) is 2. The van der Waals surface area contributed by atoms with Crippen molar-refractivity contribution in [2.75, 3.05) is 19.6 Å². The van der Waals surface area contributed by atoms with Gasteiger partial charge < -0.3 is 5.32 Å². The number of benzene rings is 1. The first-order valence-electron chi connectivity index (χ1n) is 7.54. The van der Waals surface area contributed by atoms with Crippen molar-refractivity contribution >= 4 is 0 Å². The van der Waals surface area contributed by atoms with Crippen molar-refractivity contribution < 1.29 is 0 Å². The normalized spacial score (nSPS) is 24.6. The summed E-state index contributed by atoms with van der Waals surface area (Å²) in [5, 5.41) is 3.74. The van der Waals surface area contributed by atoms with Crippen molar-refractivity contribution in [2.45, 2.75) is 39.8 Å². The Balaban J connectivity index is 2.18. The van der Waals surface area contributed by atoms with Crippen molar-refractivity contribution in [2.24, 2.45) is 5.41 Å². The van der Waals surface area contributed by atoms with Gasteiger partial charge in [0.15, 0.2) is 0 Å². The molecule has 0 spiro atoms. The molecule has 1 aromatic carbocycles. The fourth-order valence-corrected chi connectivity index (χ4v) is 2.91. The van der Waals surface area contributed by atoms with Crippen LogP contribution in [0.25, 0.3) is 0 Å². The van der Waals surface area contributed by atoms with Crippen LogP contribution in [-0.4, -0.2) is 30.6 Å². The number of nitrogens with zero attached hydrogens (tertiary/aromatic N) is 1. The Morgan fingerprint density at radius 1 is 1.30 bits per heavy atom. The second-order valence-electron chi connectivity index (χ2n) is 7.14. The van der Waals surface area contributed by atoms with Gasteiger partial charge in [0, 0.05) is 31.7 Å². The average molecular weight is 272 g/mol. The minimum absolute atomic E-state index is 0.287. The summed E-state index contributed by atoms with van der Waals surface area (Å²) >= 11 is 0. The number of hydrogen-bond donors (Lipinski definition) is 1. The van der Waals surface area contributed by atoms with Crippen LogP contribution in [0.2, 0.25) is 0 Å². The number of rotatable bonds is 3. The summed E-state index contributed by atoms with van der Waals surface area (Å²) in [6.45, 7) is 16.2. The predicted molar refractivity (Wildman–Crippen MR) is 86.8 cm³/mol. The zero-order valence-electron chi connectivity index (χ0n) is 13.3. The second-order valence-corrected chi connectivity index (χ2v) is 7.14. The van der Waals surface area contributed by atoms with E-state index in [4.69, 9.17) is 0 Å². The molecule has 2 atom stereocenters. The molecule has 20 heavy (non-hydrogen) atoms. The lowest BCUT2D eigenvalue weighted by Crippen LogP contribution is -2.57. The SMILES string of the molecule is C=C(C)CN1CC(C(C)(C)C)NCC1c1ccccc1. The molecule has 1 aliphatic heterocycles. The molecular formula is C18H28N2. The Morgan fingerprint density at radius 2 is 1.95 bits per heavy atom. The van der Waals surface area contributed by atoms with Crippen molar-refractivity contribution in [1.82, 2.24) is 10.2 Å². The van der Waals surface area contributed by atoms with Gasteiger partial charge in [0.1, 0.15) is 0 Å². The Hall–Kier alpha value is -1.12. The highest BCUT2D eigenvalue weighted by molar-refractivity contribution is 5.21. The first-order valence-corrected chi connectivity index (χ1v) is 7.54. The van der Waals surface area contributed by atoms with Gasteiger partial charge in [-0.25, -0.2) is 0 Å². The molecule has 2 nitrogen and oxygen atoms in total. The van der Waals surface area contributed by atoms with Crippen LogP contribution in [-0.2, 0) is 0 Å². The fraction of sp³-hybridized carbons (Fsp3) is 0.556. The van der Waals surface area contributed by atoms with Crippen LogP contribution in [0.15, 0.2) is 42.5 Å². The third-order valence-corrected chi connectivity index (χ3v) is 4.12. The van der Waals surface area contributed by atoms with Crippen molar-refractivity contribution in [3.63, 3.8) is 0 Å². The van der Waals surface area contributed by atoms with Crippen LogP contribution in [0.4, 0.5) is 0 Å². The van der Waals surface area contributed by atoms with Crippen LogP contribution in [0, 0.1) is 5.41 Å². The molecule has 1 aromatic rings. The Morgan fingerprint density at radius 3 is 2.50 bits per heavy atom. The number of nitrogens with one attached hydrogen (secondary N) is 1. The molecule has 0 bridgehead atoms. The van der Waals surface area contributed by atoms with Crippen molar-refractivity contribution in [3.8, 4) is 0 Å². The predicted octanol–water partition coefficient (Wildman–Crippen LogP) is 3.62. The molecule has 0 amide bonds. The van der Waals surface area contributed by atoms with Gasteiger partial charge >= 0.3 is 0 Å². The number of piperazine rings is 1. The largest absolute Gasteiger partial charge is 0.310 e. The highest BCUT2D eigenvalue weighted by atomic mass is 15.2. The van der Waals surface area contributed by atoms with Crippen LogP contribution >= 0.6 is 0 Å². The summed E-state index contributed by atoms with van der Waals surface area (Å²) in [4.78, 5) is 2.57. The molecule has 0 aromatic heterocycles. The van der Waals surface area contributed by atoms with E-state index in [0.717, 1.165) is 19.6 Å². The lowest BCUT2D eigenvalue weighted by molar-refractivity contribution is 0.0937. The maximum atomic E-state index is 4.10. The van der Waals surface area contributed by atoms with E-state index >= 15 is 0 Å². The zero-order valence-corrected chi connectivity index (χ0v) is 13.3. The topological polar surface area (TPSA) is 15.3 Å². The molecule has 1 aliphatic rings. The Kier molecular flexibility index (Phi) is 4.66. The maximum absolute atomic E-state index is 4.10. The van der Waals surface area contributed by atoms with Crippen LogP contribution < -0.4 is 5.32 Å².